The summed E-state index contributed by atoms with van der Waals surface area (Å²) in [7, 11) is 0. The van der Waals surface area contributed by atoms with Crippen LogP contribution in [-0.4, -0.2) is 19.2 Å². The molecule has 0 radical (unpaired) electrons. The standard InChI is InChI=1S/C19H16O5/c1-12-2-4-15-13(11-23-17(15)8-12)9-19(20)24-14-3-5-16-18(10-14)22-7-6-21-16/h2-5,8,10-11H,6-7,9H2,1H3. The maximum Gasteiger partial charge on any atom is 0.315 e. The Balaban J connectivity index is 1.50. The van der Waals surface area contributed by atoms with E-state index in [2.05, 4.69) is 0 Å². The first kappa shape index (κ1) is 14.6. The lowest BCUT2D eigenvalue weighted by atomic mass is 10.1. The van der Waals surface area contributed by atoms with Crippen LogP contribution < -0.4 is 14.2 Å². The Hall–Kier alpha value is -2.95. The molecule has 1 aliphatic rings. The molecule has 0 aliphatic carbocycles. The average Bonchev–Trinajstić information content (AvgIpc) is 2.96. The van der Waals surface area contributed by atoms with E-state index in [0.717, 1.165) is 22.1 Å². The van der Waals surface area contributed by atoms with E-state index in [1.807, 2.05) is 25.1 Å². The molecule has 2 heterocycles. The Bertz CT molecular complexity index is 909. The highest BCUT2D eigenvalue weighted by molar-refractivity contribution is 5.86. The summed E-state index contributed by atoms with van der Waals surface area (Å²) in [6.45, 7) is 3.02. The lowest BCUT2D eigenvalue weighted by Crippen LogP contribution is -2.16. The van der Waals surface area contributed by atoms with Crippen LogP contribution >= 0.6 is 0 Å². The van der Waals surface area contributed by atoms with Gasteiger partial charge in [0.05, 0.1) is 12.7 Å². The highest BCUT2D eigenvalue weighted by atomic mass is 16.6. The van der Waals surface area contributed by atoms with Crippen molar-refractivity contribution in [2.75, 3.05) is 13.2 Å². The van der Waals surface area contributed by atoms with Crippen molar-refractivity contribution in [1.82, 2.24) is 0 Å². The van der Waals surface area contributed by atoms with E-state index in [1.54, 1.807) is 24.5 Å². The molecule has 0 saturated heterocycles. The number of hydrogen-bond acceptors (Lipinski definition) is 5. The average molecular weight is 324 g/mol. The molecule has 1 aromatic heterocycles. The second kappa shape index (κ2) is 5.92. The van der Waals surface area contributed by atoms with Crippen LogP contribution in [-0.2, 0) is 11.2 Å². The van der Waals surface area contributed by atoms with E-state index in [0.29, 0.717) is 30.5 Å². The molecule has 24 heavy (non-hydrogen) atoms. The van der Waals surface area contributed by atoms with Crippen LogP contribution in [0, 0.1) is 6.92 Å². The van der Waals surface area contributed by atoms with Crippen LogP contribution in [0.4, 0.5) is 0 Å². The topological polar surface area (TPSA) is 57.9 Å². The molecule has 3 aromatic rings. The number of carbonyl (C=O) groups is 1. The van der Waals surface area contributed by atoms with Crippen LogP contribution in [0.3, 0.4) is 0 Å². The van der Waals surface area contributed by atoms with Crippen LogP contribution in [0.25, 0.3) is 11.0 Å². The number of aryl methyl sites for hydroxylation is 1. The minimum Gasteiger partial charge on any atom is -0.486 e. The zero-order chi connectivity index (χ0) is 16.5. The Kier molecular flexibility index (Phi) is 3.61. The molecule has 0 spiro atoms. The third-order valence-electron chi connectivity index (χ3n) is 3.89. The summed E-state index contributed by atoms with van der Waals surface area (Å²) in [5, 5.41) is 0.930. The lowest BCUT2D eigenvalue weighted by Gasteiger charge is -2.18. The van der Waals surface area contributed by atoms with E-state index in [4.69, 9.17) is 18.6 Å². The fourth-order valence-corrected chi connectivity index (χ4v) is 2.74. The minimum absolute atomic E-state index is 0.143. The van der Waals surface area contributed by atoms with Gasteiger partial charge in [0.25, 0.3) is 0 Å². The van der Waals surface area contributed by atoms with Crippen molar-refractivity contribution in [3.8, 4) is 17.2 Å². The predicted molar refractivity (Wildman–Crippen MR) is 87.7 cm³/mol. The molecule has 0 amide bonds. The van der Waals surface area contributed by atoms with Gasteiger partial charge in [-0.3, -0.25) is 4.79 Å². The van der Waals surface area contributed by atoms with Gasteiger partial charge in [-0.1, -0.05) is 12.1 Å². The molecular formula is C19H16O5. The van der Waals surface area contributed by atoms with E-state index < -0.39 is 0 Å². The summed E-state index contributed by atoms with van der Waals surface area (Å²) in [4.78, 5) is 12.2. The van der Waals surface area contributed by atoms with E-state index in [1.165, 1.54) is 0 Å². The Labute approximate surface area is 138 Å². The summed E-state index contributed by atoms with van der Waals surface area (Å²) in [5.41, 5.74) is 2.70. The summed E-state index contributed by atoms with van der Waals surface area (Å²) < 4.78 is 21.9. The first-order valence-electron chi connectivity index (χ1n) is 7.76. The molecule has 4 rings (SSSR count). The van der Waals surface area contributed by atoms with Crippen molar-refractivity contribution in [3.63, 3.8) is 0 Å². The summed E-state index contributed by atoms with van der Waals surface area (Å²) in [5.74, 6) is 1.34. The quantitative estimate of drug-likeness (QED) is 0.543. The van der Waals surface area contributed by atoms with Gasteiger partial charge < -0.3 is 18.6 Å². The molecule has 122 valence electrons. The molecule has 0 fully saturated rings. The number of fused-ring (bicyclic) bond motifs is 2. The summed E-state index contributed by atoms with van der Waals surface area (Å²) >= 11 is 0. The van der Waals surface area contributed by atoms with Crippen LogP contribution in [0.2, 0.25) is 0 Å². The van der Waals surface area contributed by atoms with Crippen molar-refractivity contribution in [1.29, 1.82) is 0 Å². The second-order valence-corrected chi connectivity index (χ2v) is 5.72. The number of esters is 1. The fourth-order valence-electron chi connectivity index (χ4n) is 2.74. The van der Waals surface area contributed by atoms with Crippen molar-refractivity contribution in [2.24, 2.45) is 0 Å². The van der Waals surface area contributed by atoms with Crippen LogP contribution in [0.15, 0.2) is 47.1 Å². The van der Waals surface area contributed by atoms with E-state index in [9.17, 15) is 4.79 Å². The summed E-state index contributed by atoms with van der Waals surface area (Å²) in [6, 6.07) is 11.0. The van der Waals surface area contributed by atoms with Gasteiger partial charge in [-0.25, -0.2) is 0 Å². The summed E-state index contributed by atoms with van der Waals surface area (Å²) in [6.07, 6.45) is 1.75. The monoisotopic (exact) mass is 324 g/mol. The normalized spacial score (nSPS) is 13.0. The number of furan rings is 1. The minimum atomic E-state index is -0.352. The van der Waals surface area contributed by atoms with Crippen LogP contribution in [0.5, 0.6) is 17.2 Å². The number of hydrogen-bond donors (Lipinski definition) is 0. The van der Waals surface area contributed by atoms with Gasteiger partial charge in [0.15, 0.2) is 11.5 Å². The molecule has 0 unspecified atom stereocenters. The van der Waals surface area contributed by atoms with E-state index >= 15 is 0 Å². The Morgan fingerprint density at radius 2 is 1.92 bits per heavy atom. The number of benzene rings is 2. The molecular weight excluding hydrogens is 308 g/mol. The molecule has 0 saturated carbocycles. The number of ether oxygens (including phenoxy) is 3. The van der Waals surface area contributed by atoms with Gasteiger partial charge in [0.1, 0.15) is 24.5 Å². The smallest absolute Gasteiger partial charge is 0.315 e. The molecule has 2 aromatic carbocycles. The molecule has 5 heteroatoms. The van der Waals surface area contributed by atoms with Crippen molar-refractivity contribution in [2.45, 2.75) is 13.3 Å². The molecule has 0 bridgehead atoms. The molecule has 0 N–H and O–H groups in total. The van der Waals surface area contributed by atoms with Gasteiger partial charge in [0, 0.05) is 17.0 Å². The first-order chi connectivity index (χ1) is 11.7. The maximum atomic E-state index is 12.2. The first-order valence-corrected chi connectivity index (χ1v) is 7.76. The number of carbonyl (C=O) groups excluding carboxylic acids is 1. The predicted octanol–water partition coefficient (Wildman–Crippen LogP) is 3.66. The van der Waals surface area contributed by atoms with Gasteiger partial charge in [-0.15, -0.1) is 0 Å². The Morgan fingerprint density at radius 3 is 2.79 bits per heavy atom. The lowest BCUT2D eigenvalue weighted by molar-refractivity contribution is -0.133. The maximum absolute atomic E-state index is 12.2. The van der Waals surface area contributed by atoms with Crippen molar-refractivity contribution >= 4 is 16.9 Å². The fraction of sp³-hybridized carbons (Fsp3) is 0.211. The van der Waals surface area contributed by atoms with Crippen molar-refractivity contribution < 1.29 is 23.4 Å². The zero-order valence-electron chi connectivity index (χ0n) is 13.2. The molecule has 5 nitrogen and oxygen atoms in total. The third-order valence-corrected chi connectivity index (χ3v) is 3.89. The second-order valence-electron chi connectivity index (χ2n) is 5.72. The SMILES string of the molecule is Cc1ccc2c(CC(=O)Oc3ccc4c(c3)OCCO4)coc2c1. The van der Waals surface area contributed by atoms with Gasteiger partial charge in [0.2, 0.25) is 0 Å². The van der Waals surface area contributed by atoms with Crippen molar-refractivity contribution in [3.05, 3.63) is 53.8 Å². The van der Waals surface area contributed by atoms with Gasteiger partial charge in [-0.05, 0) is 30.7 Å². The number of rotatable bonds is 3. The molecule has 0 atom stereocenters. The van der Waals surface area contributed by atoms with E-state index in [-0.39, 0.29) is 12.4 Å². The molecule has 1 aliphatic heterocycles. The van der Waals surface area contributed by atoms with Crippen LogP contribution in [0.1, 0.15) is 11.1 Å². The zero-order valence-corrected chi connectivity index (χ0v) is 13.2. The highest BCUT2D eigenvalue weighted by Gasteiger charge is 2.16. The highest BCUT2D eigenvalue weighted by Crippen LogP contribution is 2.33. The largest absolute Gasteiger partial charge is 0.486 e. The third kappa shape index (κ3) is 2.80. The Morgan fingerprint density at radius 1 is 1.08 bits per heavy atom. The van der Waals surface area contributed by atoms with Gasteiger partial charge in [-0.2, -0.15) is 0 Å². The van der Waals surface area contributed by atoms with Gasteiger partial charge >= 0.3 is 5.97 Å².